The lowest BCUT2D eigenvalue weighted by molar-refractivity contribution is 0.102. The van der Waals surface area contributed by atoms with Gasteiger partial charge < -0.3 is 15.0 Å². The molecule has 6 nitrogen and oxygen atoms in total. The Kier molecular flexibility index (Phi) is 5.31. The molecule has 1 fully saturated rings. The number of thiazole rings is 1. The van der Waals surface area contributed by atoms with Gasteiger partial charge in [-0.3, -0.25) is 4.79 Å². The van der Waals surface area contributed by atoms with E-state index in [1.807, 2.05) is 19.1 Å². The number of benzene rings is 1. The van der Waals surface area contributed by atoms with Gasteiger partial charge in [-0.1, -0.05) is 6.07 Å². The van der Waals surface area contributed by atoms with Crippen LogP contribution in [0, 0.1) is 12.7 Å². The fourth-order valence-corrected chi connectivity index (χ4v) is 3.71. The summed E-state index contributed by atoms with van der Waals surface area (Å²) in [6.45, 7) is 4.88. The zero-order valence-electron chi connectivity index (χ0n) is 15.3. The molecule has 0 bridgehead atoms. The molecule has 1 amide bonds. The maximum Gasteiger partial charge on any atom is 0.275 e. The Balaban J connectivity index is 1.47. The molecule has 1 aliphatic heterocycles. The molecule has 8 heteroatoms. The second kappa shape index (κ2) is 8.04. The Hall–Kier alpha value is -2.84. The predicted molar refractivity (Wildman–Crippen MR) is 107 cm³/mol. The Morgan fingerprint density at radius 1 is 1.25 bits per heavy atom. The van der Waals surface area contributed by atoms with E-state index in [2.05, 4.69) is 20.2 Å². The third-order valence-corrected chi connectivity index (χ3v) is 5.41. The molecule has 3 heterocycles. The van der Waals surface area contributed by atoms with Crippen molar-refractivity contribution in [2.24, 2.45) is 0 Å². The highest BCUT2D eigenvalue weighted by Gasteiger charge is 2.15. The molecule has 3 aromatic rings. The largest absolute Gasteiger partial charge is 0.378 e. The van der Waals surface area contributed by atoms with Crippen molar-refractivity contribution in [3.05, 3.63) is 59.0 Å². The number of carbonyl (C=O) groups excluding carboxylic acids is 1. The van der Waals surface area contributed by atoms with E-state index in [1.165, 1.54) is 23.5 Å². The molecule has 0 unspecified atom stereocenters. The summed E-state index contributed by atoms with van der Waals surface area (Å²) in [5, 5.41) is 5.12. The van der Waals surface area contributed by atoms with Gasteiger partial charge >= 0.3 is 0 Å². The molecule has 1 N–H and O–H groups in total. The zero-order valence-corrected chi connectivity index (χ0v) is 16.1. The van der Waals surface area contributed by atoms with Crippen LogP contribution in [0.15, 0.2) is 41.9 Å². The highest BCUT2D eigenvalue weighted by Crippen LogP contribution is 2.26. The SMILES string of the molecule is Cc1ccc(F)cc1NC(=O)c1csc(-c2ccc(N3CCOCC3)nc2)n1. The third-order valence-electron chi connectivity index (χ3n) is 4.51. The summed E-state index contributed by atoms with van der Waals surface area (Å²) in [5.74, 6) is 0.142. The van der Waals surface area contributed by atoms with Gasteiger partial charge in [0.05, 0.1) is 13.2 Å². The number of hydrogen-bond donors (Lipinski definition) is 1. The molecule has 0 aliphatic carbocycles. The van der Waals surface area contributed by atoms with Crippen molar-refractivity contribution in [1.82, 2.24) is 9.97 Å². The maximum atomic E-state index is 13.4. The van der Waals surface area contributed by atoms with E-state index in [9.17, 15) is 9.18 Å². The van der Waals surface area contributed by atoms with Crippen LogP contribution in [0.4, 0.5) is 15.9 Å². The van der Waals surface area contributed by atoms with Crippen molar-refractivity contribution < 1.29 is 13.9 Å². The van der Waals surface area contributed by atoms with E-state index in [4.69, 9.17) is 4.74 Å². The number of aryl methyl sites for hydroxylation is 1. The van der Waals surface area contributed by atoms with Crippen molar-refractivity contribution in [2.45, 2.75) is 6.92 Å². The first-order chi connectivity index (χ1) is 13.6. The molecular formula is C20H19FN4O2S. The van der Waals surface area contributed by atoms with Crippen molar-refractivity contribution in [3.63, 3.8) is 0 Å². The summed E-state index contributed by atoms with van der Waals surface area (Å²) in [4.78, 5) is 23.6. The number of hydrogen-bond acceptors (Lipinski definition) is 6. The quantitative estimate of drug-likeness (QED) is 0.725. The van der Waals surface area contributed by atoms with Crippen molar-refractivity contribution in [1.29, 1.82) is 0 Å². The second-order valence-electron chi connectivity index (χ2n) is 6.46. The number of carbonyl (C=O) groups is 1. The highest BCUT2D eigenvalue weighted by molar-refractivity contribution is 7.13. The van der Waals surface area contributed by atoms with E-state index >= 15 is 0 Å². The van der Waals surface area contributed by atoms with Gasteiger partial charge in [0.25, 0.3) is 5.91 Å². The van der Waals surface area contributed by atoms with Gasteiger partial charge in [-0.05, 0) is 36.8 Å². The van der Waals surface area contributed by atoms with E-state index < -0.39 is 5.82 Å². The lowest BCUT2D eigenvalue weighted by Gasteiger charge is -2.27. The summed E-state index contributed by atoms with van der Waals surface area (Å²) in [7, 11) is 0. The number of pyridine rings is 1. The molecule has 1 aliphatic rings. The van der Waals surface area contributed by atoms with Crippen molar-refractivity contribution in [3.8, 4) is 10.6 Å². The molecule has 0 atom stereocenters. The van der Waals surface area contributed by atoms with Crippen molar-refractivity contribution in [2.75, 3.05) is 36.5 Å². The molecule has 1 aromatic carbocycles. The van der Waals surface area contributed by atoms with Crippen LogP contribution in [0.1, 0.15) is 16.1 Å². The first kappa shape index (κ1) is 18.5. The number of anilines is 2. The lowest BCUT2D eigenvalue weighted by Crippen LogP contribution is -2.36. The van der Waals surface area contributed by atoms with Crippen molar-refractivity contribution >= 4 is 28.7 Å². The summed E-state index contributed by atoms with van der Waals surface area (Å²) in [6, 6.07) is 8.19. The van der Waals surface area contributed by atoms with Crippen LogP contribution >= 0.6 is 11.3 Å². The fraction of sp³-hybridized carbons (Fsp3) is 0.250. The third kappa shape index (κ3) is 4.02. The van der Waals surface area contributed by atoms with E-state index in [0.29, 0.717) is 29.6 Å². The minimum Gasteiger partial charge on any atom is -0.378 e. The van der Waals surface area contributed by atoms with Crippen LogP contribution in [0.25, 0.3) is 10.6 Å². The van der Waals surface area contributed by atoms with E-state index in [-0.39, 0.29) is 5.91 Å². The van der Waals surface area contributed by atoms with Gasteiger partial charge in [-0.15, -0.1) is 11.3 Å². The number of rotatable bonds is 4. The number of nitrogens with one attached hydrogen (secondary N) is 1. The minimum atomic E-state index is -0.397. The number of amides is 1. The normalized spacial score (nSPS) is 14.1. The van der Waals surface area contributed by atoms with Crippen LogP contribution in [-0.4, -0.2) is 42.2 Å². The van der Waals surface area contributed by atoms with Crippen LogP contribution in [-0.2, 0) is 4.74 Å². The molecular weight excluding hydrogens is 379 g/mol. The molecule has 144 valence electrons. The summed E-state index contributed by atoms with van der Waals surface area (Å²) >= 11 is 1.37. The van der Waals surface area contributed by atoms with Gasteiger partial charge in [0, 0.05) is 35.9 Å². The molecule has 0 spiro atoms. The monoisotopic (exact) mass is 398 g/mol. The Labute approximate surface area is 166 Å². The standard InChI is InChI=1S/C20H19FN4O2S/c1-13-2-4-15(21)10-16(13)23-19(26)17-12-28-20(24-17)14-3-5-18(22-11-14)25-6-8-27-9-7-25/h2-5,10-12H,6-9H2,1H3,(H,23,26). The highest BCUT2D eigenvalue weighted by atomic mass is 32.1. The molecule has 1 saturated heterocycles. The molecule has 0 radical (unpaired) electrons. The van der Waals surface area contributed by atoms with Gasteiger partial charge in [-0.25, -0.2) is 14.4 Å². The Morgan fingerprint density at radius 3 is 2.82 bits per heavy atom. The van der Waals surface area contributed by atoms with E-state index in [0.717, 1.165) is 30.0 Å². The van der Waals surface area contributed by atoms with Crippen LogP contribution in [0.3, 0.4) is 0 Å². The number of morpholine rings is 1. The first-order valence-electron chi connectivity index (χ1n) is 8.92. The van der Waals surface area contributed by atoms with Gasteiger partial charge in [0.15, 0.2) is 0 Å². The zero-order chi connectivity index (χ0) is 19.5. The Bertz CT molecular complexity index is 984. The second-order valence-corrected chi connectivity index (χ2v) is 7.31. The lowest BCUT2D eigenvalue weighted by atomic mass is 10.2. The number of aromatic nitrogens is 2. The van der Waals surface area contributed by atoms with Crippen LogP contribution in [0.5, 0.6) is 0 Å². The van der Waals surface area contributed by atoms with Crippen LogP contribution < -0.4 is 10.2 Å². The smallest absolute Gasteiger partial charge is 0.275 e. The first-order valence-corrected chi connectivity index (χ1v) is 9.80. The average Bonchev–Trinajstić information content (AvgIpc) is 3.22. The molecule has 2 aromatic heterocycles. The van der Waals surface area contributed by atoms with Crippen LogP contribution in [0.2, 0.25) is 0 Å². The predicted octanol–water partition coefficient (Wildman–Crippen LogP) is 3.74. The summed E-state index contributed by atoms with van der Waals surface area (Å²) in [5.41, 5.74) is 2.37. The summed E-state index contributed by atoms with van der Waals surface area (Å²) < 4.78 is 18.8. The van der Waals surface area contributed by atoms with Gasteiger partial charge in [-0.2, -0.15) is 0 Å². The molecule has 0 saturated carbocycles. The number of nitrogens with zero attached hydrogens (tertiary/aromatic N) is 3. The maximum absolute atomic E-state index is 13.4. The van der Waals surface area contributed by atoms with E-state index in [1.54, 1.807) is 17.6 Å². The molecule has 4 rings (SSSR count). The Morgan fingerprint density at radius 2 is 2.07 bits per heavy atom. The van der Waals surface area contributed by atoms with Gasteiger partial charge in [0.2, 0.25) is 0 Å². The number of ether oxygens (including phenoxy) is 1. The fourth-order valence-electron chi connectivity index (χ4n) is 2.92. The van der Waals surface area contributed by atoms with Gasteiger partial charge in [0.1, 0.15) is 22.3 Å². The summed E-state index contributed by atoms with van der Waals surface area (Å²) in [6.07, 6.45) is 1.77. The number of halogens is 1. The molecule has 28 heavy (non-hydrogen) atoms. The minimum absolute atomic E-state index is 0.293. The average molecular weight is 398 g/mol. The topological polar surface area (TPSA) is 67.4 Å².